The van der Waals surface area contributed by atoms with Crippen LogP contribution in [-0.4, -0.2) is 36.9 Å². The molecule has 6 nitrogen and oxygen atoms in total. The molecule has 1 saturated carbocycles. The molecule has 0 bridgehead atoms. The fourth-order valence-electron chi connectivity index (χ4n) is 3.45. The van der Waals surface area contributed by atoms with E-state index in [-0.39, 0.29) is 12.0 Å². The van der Waals surface area contributed by atoms with E-state index in [1.807, 2.05) is 12.3 Å². The van der Waals surface area contributed by atoms with Gasteiger partial charge in [0.05, 0.1) is 38.0 Å². The van der Waals surface area contributed by atoms with E-state index >= 15 is 0 Å². The topological polar surface area (TPSA) is 61.7 Å². The maximum absolute atomic E-state index is 12.3. The van der Waals surface area contributed by atoms with Crippen LogP contribution in [0.3, 0.4) is 0 Å². The lowest BCUT2D eigenvalue weighted by Gasteiger charge is -2.24. The average Bonchev–Trinajstić information content (AvgIpc) is 3.03. The van der Waals surface area contributed by atoms with Gasteiger partial charge < -0.3 is 14.0 Å². The van der Waals surface area contributed by atoms with Crippen LogP contribution < -0.4 is 5.48 Å². The van der Waals surface area contributed by atoms with Gasteiger partial charge in [0.1, 0.15) is 0 Å². The summed E-state index contributed by atoms with van der Waals surface area (Å²) in [7, 11) is 1.66. The maximum atomic E-state index is 12.3. The van der Waals surface area contributed by atoms with Gasteiger partial charge in [-0.3, -0.25) is 9.63 Å². The number of fused-ring (bicyclic) bond motifs is 1. The van der Waals surface area contributed by atoms with Crippen LogP contribution in [0, 0.1) is 11.8 Å². The predicted molar refractivity (Wildman–Crippen MR) is 103 cm³/mol. The zero-order valence-electron chi connectivity index (χ0n) is 16.5. The normalized spacial score (nSPS) is 21.0. The summed E-state index contributed by atoms with van der Waals surface area (Å²) in [4.78, 5) is 17.7. The molecule has 1 aromatic heterocycles. The minimum absolute atomic E-state index is 0.0280. The third kappa shape index (κ3) is 5.92. The van der Waals surface area contributed by atoms with Crippen molar-refractivity contribution in [1.29, 1.82) is 0 Å². The Bertz CT molecular complexity index is 636. The van der Waals surface area contributed by atoms with Crippen LogP contribution in [0.15, 0.2) is 24.4 Å². The lowest BCUT2D eigenvalue weighted by atomic mass is 9.83. The molecule has 150 valence electrons. The number of nitrogens with zero attached hydrogens (tertiary/aromatic N) is 1. The first-order valence-electron chi connectivity index (χ1n) is 10.0. The van der Waals surface area contributed by atoms with Crippen molar-refractivity contribution in [1.82, 2.24) is 10.0 Å². The van der Waals surface area contributed by atoms with Gasteiger partial charge in [0.15, 0.2) is 0 Å². The molecule has 1 amide bonds. The summed E-state index contributed by atoms with van der Waals surface area (Å²) in [6, 6.07) is 1.86. The van der Waals surface area contributed by atoms with Gasteiger partial charge in [-0.05, 0) is 30.7 Å². The highest BCUT2D eigenvalue weighted by molar-refractivity contribution is 5.93. The van der Waals surface area contributed by atoms with Gasteiger partial charge in [-0.2, -0.15) is 0 Å². The molecule has 1 aliphatic carbocycles. The first-order valence-corrected chi connectivity index (χ1v) is 10.0. The van der Waals surface area contributed by atoms with Crippen molar-refractivity contribution in [3.05, 3.63) is 35.7 Å². The Balaban J connectivity index is 1.35. The Labute approximate surface area is 161 Å². The number of hydrogen-bond donors (Lipinski definition) is 1. The summed E-state index contributed by atoms with van der Waals surface area (Å²) >= 11 is 0. The monoisotopic (exact) mass is 376 g/mol. The first kappa shape index (κ1) is 20.1. The largest absolute Gasteiger partial charge is 0.382 e. The lowest BCUT2D eigenvalue weighted by molar-refractivity contribution is -0.0382. The average molecular weight is 376 g/mol. The van der Waals surface area contributed by atoms with Crippen molar-refractivity contribution < 1.29 is 19.1 Å². The fourth-order valence-corrected chi connectivity index (χ4v) is 3.45. The first-order chi connectivity index (χ1) is 13.2. The van der Waals surface area contributed by atoms with E-state index < -0.39 is 0 Å². The number of carbonyl (C=O) groups is 1. The second-order valence-corrected chi connectivity index (χ2v) is 7.85. The Morgan fingerprint density at radius 2 is 2.30 bits per heavy atom. The van der Waals surface area contributed by atoms with E-state index in [1.165, 1.54) is 25.7 Å². The van der Waals surface area contributed by atoms with E-state index in [2.05, 4.69) is 29.1 Å². The molecule has 0 spiro atoms. The lowest BCUT2D eigenvalue weighted by Crippen LogP contribution is -2.30. The molecule has 1 fully saturated rings. The number of aromatic nitrogens is 1. The number of rotatable bonds is 10. The highest BCUT2D eigenvalue weighted by Crippen LogP contribution is 2.29. The molecule has 27 heavy (non-hydrogen) atoms. The molecule has 6 heteroatoms. The third-order valence-electron chi connectivity index (χ3n) is 5.40. The van der Waals surface area contributed by atoms with Crippen molar-refractivity contribution in [2.75, 3.05) is 20.3 Å². The van der Waals surface area contributed by atoms with E-state index in [0.29, 0.717) is 37.8 Å². The Hall–Kier alpha value is -1.63. The van der Waals surface area contributed by atoms with E-state index in [9.17, 15) is 4.79 Å². The van der Waals surface area contributed by atoms with E-state index in [1.54, 1.807) is 7.11 Å². The standard InChI is InChI=1S/C21H32N2O4/c1-16(6-3-4-7-17-8-5-9-17)13-27-22-21(24)18-10-19-14-26-20(15-25-2)12-23(19)11-18/h3-4,10-11,16-17,20H,5-9,12-15H2,1-2H3,(H,22,24)/b4-3+/t16-,20?/m0/s1. The van der Waals surface area contributed by atoms with Gasteiger partial charge in [0, 0.05) is 19.0 Å². The van der Waals surface area contributed by atoms with Crippen molar-refractivity contribution in [3.63, 3.8) is 0 Å². The van der Waals surface area contributed by atoms with Crippen LogP contribution in [0.4, 0.5) is 0 Å². The summed E-state index contributed by atoms with van der Waals surface area (Å²) < 4.78 is 12.9. The summed E-state index contributed by atoms with van der Waals surface area (Å²) in [6.07, 6.45) is 12.8. The smallest absolute Gasteiger partial charge is 0.276 e. The second-order valence-electron chi connectivity index (χ2n) is 7.85. The quantitative estimate of drug-likeness (QED) is 0.502. The Kier molecular flexibility index (Phi) is 7.50. The number of methoxy groups -OCH3 is 1. The van der Waals surface area contributed by atoms with Gasteiger partial charge >= 0.3 is 0 Å². The van der Waals surface area contributed by atoms with Crippen molar-refractivity contribution in [3.8, 4) is 0 Å². The minimum Gasteiger partial charge on any atom is -0.382 e. The molecule has 2 heterocycles. The third-order valence-corrected chi connectivity index (χ3v) is 5.40. The number of ether oxygens (including phenoxy) is 2. The molecule has 1 aromatic rings. The Morgan fingerprint density at radius 1 is 1.44 bits per heavy atom. The maximum Gasteiger partial charge on any atom is 0.276 e. The summed E-state index contributed by atoms with van der Waals surface area (Å²) in [5.41, 5.74) is 4.16. The van der Waals surface area contributed by atoms with Gasteiger partial charge in [-0.25, -0.2) is 5.48 Å². The molecule has 2 atom stereocenters. The zero-order valence-corrected chi connectivity index (χ0v) is 16.5. The summed E-state index contributed by atoms with van der Waals surface area (Å²) in [6.45, 7) is 4.37. The van der Waals surface area contributed by atoms with E-state index in [0.717, 1.165) is 18.0 Å². The molecular formula is C21H32N2O4. The van der Waals surface area contributed by atoms with Crippen LogP contribution in [0.25, 0.3) is 0 Å². The minimum atomic E-state index is -0.215. The number of hydroxylamine groups is 1. The molecule has 3 rings (SSSR count). The van der Waals surface area contributed by atoms with Crippen LogP contribution in [0.2, 0.25) is 0 Å². The Morgan fingerprint density at radius 3 is 3.04 bits per heavy atom. The van der Waals surface area contributed by atoms with Crippen LogP contribution in [0.1, 0.15) is 55.1 Å². The highest BCUT2D eigenvalue weighted by atomic mass is 16.7. The molecule has 0 aromatic carbocycles. The van der Waals surface area contributed by atoms with Crippen LogP contribution in [-0.2, 0) is 27.5 Å². The zero-order chi connectivity index (χ0) is 19.1. The predicted octanol–water partition coefficient (Wildman–Crippen LogP) is 3.47. The number of nitrogens with one attached hydrogen (secondary N) is 1. The molecule has 2 aliphatic rings. The molecule has 0 saturated heterocycles. The van der Waals surface area contributed by atoms with E-state index in [4.69, 9.17) is 14.3 Å². The SMILES string of the molecule is COCC1Cn2cc(C(=O)NOC[C@@H](C)C/C=C/CC3CCC3)cc2CO1. The van der Waals surface area contributed by atoms with Crippen molar-refractivity contribution in [2.24, 2.45) is 11.8 Å². The molecule has 1 unspecified atom stereocenters. The molecule has 0 radical (unpaired) electrons. The second kappa shape index (κ2) is 10.1. The van der Waals surface area contributed by atoms with Gasteiger partial charge in [-0.15, -0.1) is 0 Å². The van der Waals surface area contributed by atoms with Crippen molar-refractivity contribution in [2.45, 2.75) is 58.3 Å². The van der Waals surface area contributed by atoms with Crippen LogP contribution >= 0.6 is 0 Å². The fraction of sp³-hybridized carbons (Fsp3) is 0.667. The van der Waals surface area contributed by atoms with Gasteiger partial charge in [0.2, 0.25) is 0 Å². The molecular weight excluding hydrogens is 344 g/mol. The number of allylic oxidation sites excluding steroid dienone is 2. The summed E-state index contributed by atoms with van der Waals surface area (Å²) in [5.74, 6) is 1.07. The number of carbonyl (C=O) groups excluding carboxylic acids is 1. The molecule has 1 N–H and O–H groups in total. The van der Waals surface area contributed by atoms with Crippen LogP contribution in [0.5, 0.6) is 0 Å². The summed E-state index contributed by atoms with van der Waals surface area (Å²) in [5, 5.41) is 0. The van der Waals surface area contributed by atoms with Gasteiger partial charge in [-0.1, -0.05) is 38.3 Å². The number of amides is 1. The number of hydrogen-bond acceptors (Lipinski definition) is 4. The highest BCUT2D eigenvalue weighted by Gasteiger charge is 2.21. The molecule has 1 aliphatic heterocycles. The van der Waals surface area contributed by atoms with Gasteiger partial charge in [0.25, 0.3) is 5.91 Å². The van der Waals surface area contributed by atoms with Crippen molar-refractivity contribution >= 4 is 5.91 Å².